The Balaban J connectivity index is 2.02. The summed E-state index contributed by atoms with van der Waals surface area (Å²) in [6.45, 7) is 6.46. The van der Waals surface area contributed by atoms with Crippen LogP contribution in [0.5, 0.6) is 0 Å². The zero-order valence-electron chi connectivity index (χ0n) is 14.9. The number of pyridine rings is 1. The maximum absolute atomic E-state index is 5.00. The van der Waals surface area contributed by atoms with Gasteiger partial charge in [0.15, 0.2) is 0 Å². The Morgan fingerprint density at radius 2 is 1.40 bits per heavy atom. The molecule has 124 valence electrons. The fourth-order valence-corrected chi connectivity index (χ4v) is 3.36. The zero-order valence-corrected chi connectivity index (χ0v) is 14.9. The summed E-state index contributed by atoms with van der Waals surface area (Å²) in [6.07, 6.45) is 0. The molecule has 0 bridgehead atoms. The Morgan fingerprint density at radius 3 is 2.16 bits per heavy atom. The average Bonchev–Trinajstić information content (AvgIpc) is 2.64. The SMILES string of the molecule is Cc1cc2[nH]/c(=N\C(C)c3ccccc3)c3ccccc3c2cc1C. The lowest BCUT2D eigenvalue weighted by Gasteiger charge is -2.11. The molecule has 3 aromatic carbocycles. The van der Waals surface area contributed by atoms with Gasteiger partial charge in [0, 0.05) is 16.3 Å². The Morgan fingerprint density at radius 1 is 0.760 bits per heavy atom. The maximum atomic E-state index is 5.00. The van der Waals surface area contributed by atoms with E-state index in [0.29, 0.717) is 0 Å². The molecule has 0 aliphatic rings. The van der Waals surface area contributed by atoms with Crippen LogP contribution in [0.4, 0.5) is 0 Å². The number of benzene rings is 3. The van der Waals surface area contributed by atoms with E-state index in [1.54, 1.807) is 0 Å². The fraction of sp³-hybridized carbons (Fsp3) is 0.174. The molecule has 2 nitrogen and oxygen atoms in total. The molecule has 0 radical (unpaired) electrons. The zero-order chi connectivity index (χ0) is 17.4. The van der Waals surface area contributed by atoms with Gasteiger partial charge in [-0.3, -0.25) is 4.99 Å². The lowest BCUT2D eigenvalue weighted by Crippen LogP contribution is -2.11. The molecular weight excluding hydrogens is 304 g/mol. The van der Waals surface area contributed by atoms with Gasteiger partial charge < -0.3 is 4.98 Å². The Kier molecular flexibility index (Phi) is 3.89. The molecule has 1 heterocycles. The number of hydrogen-bond acceptors (Lipinski definition) is 1. The second-order valence-corrected chi connectivity index (χ2v) is 6.72. The highest BCUT2D eigenvalue weighted by Crippen LogP contribution is 2.24. The van der Waals surface area contributed by atoms with Gasteiger partial charge in [0.1, 0.15) is 5.49 Å². The molecule has 0 saturated carbocycles. The van der Waals surface area contributed by atoms with E-state index in [9.17, 15) is 0 Å². The van der Waals surface area contributed by atoms with E-state index in [4.69, 9.17) is 4.99 Å². The van der Waals surface area contributed by atoms with E-state index in [1.165, 1.54) is 32.8 Å². The van der Waals surface area contributed by atoms with Gasteiger partial charge in [-0.15, -0.1) is 0 Å². The van der Waals surface area contributed by atoms with Crippen LogP contribution in [-0.4, -0.2) is 4.98 Å². The van der Waals surface area contributed by atoms with Gasteiger partial charge in [-0.25, -0.2) is 0 Å². The van der Waals surface area contributed by atoms with Crippen molar-refractivity contribution in [2.75, 3.05) is 0 Å². The summed E-state index contributed by atoms with van der Waals surface area (Å²) >= 11 is 0. The van der Waals surface area contributed by atoms with Crippen LogP contribution in [0.2, 0.25) is 0 Å². The molecule has 0 saturated heterocycles. The number of rotatable bonds is 2. The molecule has 0 spiro atoms. The second-order valence-electron chi connectivity index (χ2n) is 6.72. The van der Waals surface area contributed by atoms with Crippen molar-refractivity contribution in [3.63, 3.8) is 0 Å². The predicted molar refractivity (Wildman–Crippen MR) is 106 cm³/mol. The van der Waals surface area contributed by atoms with Crippen LogP contribution in [0.25, 0.3) is 21.7 Å². The van der Waals surface area contributed by atoms with Crippen molar-refractivity contribution in [1.82, 2.24) is 4.98 Å². The third-order valence-corrected chi connectivity index (χ3v) is 4.96. The van der Waals surface area contributed by atoms with Gasteiger partial charge in [-0.05, 0) is 55.0 Å². The molecule has 0 amide bonds. The van der Waals surface area contributed by atoms with Crippen LogP contribution in [-0.2, 0) is 0 Å². The normalized spacial score (nSPS) is 13.5. The third-order valence-electron chi connectivity index (χ3n) is 4.96. The number of hydrogen-bond donors (Lipinski definition) is 1. The highest BCUT2D eigenvalue weighted by atomic mass is 14.9. The van der Waals surface area contributed by atoms with E-state index < -0.39 is 0 Å². The van der Waals surface area contributed by atoms with E-state index in [2.05, 4.69) is 86.4 Å². The minimum Gasteiger partial charge on any atom is -0.339 e. The molecule has 0 aliphatic heterocycles. The Bertz CT molecular complexity index is 1120. The molecule has 1 atom stereocenters. The average molecular weight is 326 g/mol. The van der Waals surface area contributed by atoms with Crippen molar-refractivity contribution in [2.24, 2.45) is 4.99 Å². The van der Waals surface area contributed by atoms with E-state index in [0.717, 1.165) is 11.0 Å². The summed E-state index contributed by atoms with van der Waals surface area (Å²) in [5.74, 6) is 0. The minimum absolute atomic E-state index is 0.102. The number of H-pyrrole nitrogens is 1. The minimum atomic E-state index is 0.102. The van der Waals surface area contributed by atoms with Gasteiger partial charge in [0.2, 0.25) is 0 Å². The van der Waals surface area contributed by atoms with Gasteiger partial charge in [0.25, 0.3) is 0 Å². The first-order chi connectivity index (χ1) is 12.1. The van der Waals surface area contributed by atoms with Crippen LogP contribution < -0.4 is 5.49 Å². The Labute approximate surface area is 147 Å². The molecular formula is C23H22N2. The first-order valence-electron chi connectivity index (χ1n) is 8.74. The van der Waals surface area contributed by atoms with Gasteiger partial charge in [-0.2, -0.15) is 0 Å². The number of aryl methyl sites for hydroxylation is 2. The molecule has 0 aliphatic carbocycles. The summed E-state index contributed by atoms with van der Waals surface area (Å²) < 4.78 is 0. The van der Waals surface area contributed by atoms with Crippen LogP contribution in [0.15, 0.2) is 71.7 Å². The third kappa shape index (κ3) is 2.85. The van der Waals surface area contributed by atoms with Crippen LogP contribution in [0, 0.1) is 13.8 Å². The first-order valence-corrected chi connectivity index (χ1v) is 8.74. The monoisotopic (exact) mass is 326 g/mol. The lowest BCUT2D eigenvalue weighted by atomic mass is 10.0. The smallest absolute Gasteiger partial charge is 0.133 e. The topological polar surface area (TPSA) is 28.1 Å². The predicted octanol–water partition coefficient (Wildman–Crippen LogP) is 5.60. The molecule has 1 aromatic heterocycles. The maximum Gasteiger partial charge on any atom is 0.133 e. The summed E-state index contributed by atoms with van der Waals surface area (Å²) in [5.41, 5.74) is 5.91. The standard InChI is InChI=1S/C23H22N2/c1-15-13-21-19-11-7-8-12-20(19)23(25-22(21)14-16(15)2)24-17(3)18-9-5-4-6-10-18/h4-14,17H,1-3H3,(H,24,25). The van der Waals surface area contributed by atoms with E-state index in [1.807, 2.05) is 6.07 Å². The van der Waals surface area contributed by atoms with Crippen LogP contribution in [0.1, 0.15) is 29.7 Å². The molecule has 0 fully saturated rings. The molecule has 25 heavy (non-hydrogen) atoms. The number of nitrogens with zero attached hydrogens (tertiary/aromatic N) is 1. The largest absolute Gasteiger partial charge is 0.339 e. The number of fused-ring (bicyclic) bond motifs is 3. The van der Waals surface area contributed by atoms with E-state index >= 15 is 0 Å². The van der Waals surface area contributed by atoms with Crippen molar-refractivity contribution in [2.45, 2.75) is 26.8 Å². The number of aromatic nitrogens is 1. The number of aromatic amines is 1. The summed E-state index contributed by atoms with van der Waals surface area (Å²) in [6, 6.07) is 23.5. The number of nitrogens with one attached hydrogen (secondary N) is 1. The first kappa shape index (κ1) is 15.6. The van der Waals surface area contributed by atoms with Gasteiger partial charge >= 0.3 is 0 Å². The van der Waals surface area contributed by atoms with Crippen molar-refractivity contribution >= 4 is 21.7 Å². The Hall–Kier alpha value is -2.87. The fourth-order valence-electron chi connectivity index (χ4n) is 3.36. The lowest BCUT2D eigenvalue weighted by molar-refractivity contribution is 0.782. The van der Waals surface area contributed by atoms with E-state index in [-0.39, 0.29) is 6.04 Å². The molecule has 4 aromatic rings. The molecule has 1 N–H and O–H groups in total. The molecule has 1 unspecified atom stereocenters. The van der Waals surface area contributed by atoms with Crippen LogP contribution in [0.3, 0.4) is 0 Å². The highest BCUT2D eigenvalue weighted by molar-refractivity contribution is 6.05. The van der Waals surface area contributed by atoms with Crippen molar-refractivity contribution in [1.29, 1.82) is 0 Å². The highest BCUT2D eigenvalue weighted by Gasteiger charge is 2.07. The summed E-state index contributed by atoms with van der Waals surface area (Å²) in [5, 5.41) is 3.67. The quantitative estimate of drug-likeness (QED) is 0.464. The summed E-state index contributed by atoms with van der Waals surface area (Å²) in [7, 11) is 0. The second kappa shape index (κ2) is 6.21. The van der Waals surface area contributed by atoms with Gasteiger partial charge in [-0.1, -0.05) is 54.6 Å². The van der Waals surface area contributed by atoms with Crippen molar-refractivity contribution < 1.29 is 0 Å². The van der Waals surface area contributed by atoms with Crippen molar-refractivity contribution in [3.8, 4) is 0 Å². The van der Waals surface area contributed by atoms with Gasteiger partial charge in [0.05, 0.1) is 6.04 Å². The van der Waals surface area contributed by atoms with Crippen LogP contribution >= 0.6 is 0 Å². The molecule has 4 rings (SSSR count). The molecule has 2 heteroatoms. The van der Waals surface area contributed by atoms with Crippen molar-refractivity contribution in [3.05, 3.63) is 88.9 Å². The summed E-state index contributed by atoms with van der Waals surface area (Å²) in [4.78, 5) is 8.58.